The summed E-state index contributed by atoms with van der Waals surface area (Å²) >= 11 is 0. The Morgan fingerprint density at radius 2 is 1.72 bits per heavy atom. The molecule has 0 aromatic heterocycles. The minimum atomic E-state index is -0.230. The molecule has 2 aliphatic heterocycles. The van der Waals surface area contributed by atoms with E-state index in [9.17, 15) is 4.79 Å². The Labute approximate surface area is 150 Å². The van der Waals surface area contributed by atoms with Crippen molar-refractivity contribution in [2.24, 2.45) is 5.92 Å². The van der Waals surface area contributed by atoms with Crippen molar-refractivity contribution in [3.05, 3.63) is 41.0 Å². The van der Waals surface area contributed by atoms with Crippen LogP contribution in [-0.4, -0.2) is 27.0 Å². The summed E-state index contributed by atoms with van der Waals surface area (Å²) in [6.07, 6.45) is 5.89. The average Bonchev–Trinajstić information content (AvgIpc) is 3.24. The highest BCUT2D eigenvalue weighted by Crippen LogP contribution is 2.62. The highest BCUT2D eigenvalue weighted by Gasteiger charge is 2.63. The van der Waals surface area contributed by atoms with E-state index in [0.717, 1.165) is 0 Å². The number of allylic oxidation sites excluding steroid dienone is 1. The molecule has 3 heteroatoms. The SMILES string of the molecule is CC1(C)CC(=O)N2N1C1C(=C(C3CCCC3)c3ccccc31)C2(C)C. The maximum absolute atomic E-state index is 12.9. The Kier molecular flexibility index (Phi) is 2.98. The highest BCUT2D eigenvalue weighted by molar-refractivity contribution is 5.88. The summed E-state index contributed by atoms with van der Waals surface area (Å²) in [7, 11) is 0. The van der Waals surface area contributed by atoms with Crippen LogP contribution in [0, 0.1) is 5.92 Å². The van der Waals surface area contributed by atoms with E-state index in [1.807, 2.05) is 0 Å². The molecule has 0 bridgehead atoms. The third-order valence-corrected chi connectivity index (χ3v) is 6.96. The fourth-order valence-corrected chi connectivity index (χ4v) is 6.08. The fourth-order valence-electron chi connectivity index (χ4n) is 6.08. The Balaban J connectivity index is 1.79. The van der Waals surface area contributed by atoms with E-state index in [2.05, 4.69) is 62.0 Å². The number of nitrogens with zero attached hydrogens (tertiary/aromatic N) is 2. The molecular weight excluding hydrogens is 308 g/mol. The number of rotatable bonds is 1. The number of amides is 1. The molecule has 5 rings (SSSR count). The van der Waals surface area contributed by atoms with Crippen LogP contribution >= 0.6 is 0 Å². The molecule has 1 aromatic carbocycles. The average molecular weight is 336 g/mol. The molecular formula is C22H28N2O. The molecule has 25 heavy (non-hydrogen) atoms. The van der Waals surface area contributed by atoms with Gasteiger partial charge >= 0.3 is 0 Å². The van der Waals surface area contributed by atoms with Crippen LogP contribution in [0.4, 0.5) is 0 Å². The molecule has 2 heterocycles. The van der Waals surface area contributed by atoms with E-state index in [-0.39, 0.29) is 23.0 Å². The summed E-state index contributed by atoms with van der Waals surface area (Å²) in [6, 6.07) is 9.19. The number of hydrazine groups is 1. The normalized spacial score (nSPS) is 30.2. The molecule has 1 atom stereocenters. The number of fused-ring (bicyclic) bond motifs is 5. The molecule has 0 N–H and O–H groups in total. The van der Waals surface area contributed by atoms with Crippen LogP contribution in [-0.2, 0) is 4.79 Å². The van der Waals surface area contributed by atoms with Crippen LogP contribution < -0.4 is 0 Å². The van der Waals surface area contributed by atoms with Crippen LogP contribution in [0.2, 0.25) is 0 Å². The van der Waals surface area contributed by atoms with E-state index in [4.69, 9.17) is 0 Å². The number of carbonyl (C=O) groups is 1. The molecule has 3 fully saturated rings. The maximum atomic E-state index is 12.9. The van der Waals surface area contributed by atoms with Crippen molar-refractivity contribution in [1.29, 1.82) is 0 Å². The lowest BCUT2D eigenvalue weighted by Gasteiger charge is -2.38. The monoisotopic (exact) mass is 336 g/mol. The number of hydrogen-bond acceptors (Lipinski definition) is 2. The quantitative estimate of drug-likeness (QED) is 0.742. The van der Waals surface area contributed by atoms with Crippen molar-refractivity contribution in [3.63, 3.8) is 0 Å². The highest BCUT2D eigenvalue weighted by atomic mass is 16.2. The number of carbonyl (C=O) groups excluding carboxylic acids is 1. The van der Waals surface area contributed by atoms with Gasteiger partial charge in [-0.25, -0.2) is 5.01 Å². The Bertz CT molecular complexity index is 798. The lowest BCUT2D eigenvalue weighted by Crippen LogP contribution is -2.49. The molecule has 0 radical (unpaired) electrons. The zero-order chi connectivity index (χ0) is 17.6. The molecule has 132 valence electrons. The minimum Gasteiger partial charge on any atom is -0.273 e. The minimum absolute atomic E-state index is 0.126. The van der Waals surface area contributed by atoms with Gasteiger partial charge in [-0.15, -0.1) is 0 Å². The summed E-state index contributed by atoms with van der Waals surface area (Å²) in [5.74, 6) is 0.944. The lowest BCUT2D eigenvalue weighted by atomic mass is 9.82. The smallest absolute Gasteiger partial charge is 0.239 e. The summed E-state index contributed by atoms with van der Waals surface area (Å²) in [4.78, 5) is 12.9. The van der Waals surface area contributed by atoms with Crippen molar-refractivity contribution in [1.82, 2.24) is 10.0 Å². The van der Waals surface area contributed by atoms with Gasteiger partial charge < -0.3 is 0 Å². The van der Waals surface area contributed by atoms with Crippen molar-refractivity contribution in [2.75, 3.05) is 0 Å². The second-order valence-corrected chi connectivity index (χ2v) is 9.40. The first-order valence-electron chi connectivity index (χ1n) is 9.80. The molecule has 1 amide bonds. The van der Waals surface area contributed by atoms with Gasteiger partial charge in [0, 0.05) is 12.0 Å². The van der Waals surface area contributed by atoms with E-state index in [0.29, 0.717) is 12.3 Å². The first-order valence-corrected chi connectivity index (χ1v) is 9.80. The van der Waals surface area contributed by atoms with E-state index in [1.54, 1.807) is 5.57 Å². The van der Waals surface area contributed by atoms with Crippen molar-refractivity contribution in [3.8, 4) is 0 Å². The summed E-state index contributed by atoms with van der Waals surface area (Å²) in [5, 5.41) is 4.50. The van der Waals surface area contributed by atoms with Gasteiger partial charge in [-0.05, 0) is 68.7 Å². The summed E-state index contributed by atoms with van der Waals surface area (Å²) in [6.45, 7) is 8.96. The van der Waals surface area contributed by atoms with Crippen LogP contribution in [0.5, 0.6) is 0 Å². The van der Waals surface area contributed by atoms with Gasteiger partial charge in [0.25, 0.3) is 0 Å². The van der Waals surface area contributed by atoms with Crippen molar-refractivity contribution in [2.45, 2.75) is 76.9 Å². The van der Waals surface area contributed by atoms with Gasteiger partial charge in [0.1, 0.15) is 0 Å². The maximum Gasteiger partial charge on any atom is 0.239 e. The standard InChI is InChI=1S/C22H28N2O/c1-21(2)13-17(25)23-22(3,4)19-18(14-9-5-6-10-14)15-11-7-8-12-16(15)20(19)24(21)23/h7-8,11-12,14,20H,5-6,9-10,13H2,1-4H3. The lowest BCUT2D eigenvalue weighted by molar-refractivity contribution is -0.145. The van der Waals surface area contributed by atoms with Crippen LogP contribution in [0.3, 0.4) is 0 Å². The predicted octanol–water partition coefficient (Wildman–Crippen LogP) is 4.71. The molecule has 2 saturated heterocycles. The van der Waals surface area contributed by atoms with E-state index in [1.165, 1.54) is 42.4 Å². The van der Waals surface area contributed by atoms with E-state index < -0.39 is 0 Å². The second kappa shape index (κ2) is 4.76. The summed E-state index contributed by atoms with van der Waals surface area (Å²) in [5.41, 5.74) is 5.59. The number of hydrogen-bond donors (Lipinski definition) is 0. The Morgan fingerprint density at radius 1 is 1.04 bits per heavy atom. The molecule has 1 unspecified atom stereocenters. The summed E-state index contributed by atoms with van der Waals surface area (Å²) < 4.78 is 0. The molecule has 0 spiro atoms. The van der Waals surface area contributed by atoms with Gasteiger partial charge in [-0.1, -0.05) is 37.1 Å². The first kappa shape index (κ1) is 15.6. The van der Waals surface area contributed by atoms with Gasteiger partial charge in [-0.3, -0.25) is 9.80 Å². The third-order valence-electron chi connectivity index (χ3n) is 6.96. The zero-order valence-corrected chi connectivity index (χ0v) is 15.8. The van der Waals surface area contributed by atoms with Gasteiger partial charge in [0.05, 0.1) is 11.6 Å². The topological polar surface area (TPSA) is 23.6 Å². The predicted molar refractivity (Wildman–Crippen MR) is 99.5 cm³/mol. The zero-order valence-electron chi connectivity index (χ0n) is 15.8. The van der Waals surface area contributed by atoms with Gasteiger partial charge in [-0.2, -0.15) is 0 Å². The molecule has 1 aromatic rings. The molecule has 1 saturated carbocycles. The second-order valence-electron chi connectivity index (χ2n) is 9.40. The fraction of sp³-hybridized carbons (Fsp3) is 0.591. The van der Waals surface area contributed by atoms with Crippen LogP contribution in [0.1, 0.15) is 77.0 Å². The molecule has 3 nitrogen and oxygen atoms in total. The number of benzene rings is 1. The molecule has 4 aliphatic rings. The van der Waals surface area contributed by atoms with E-state index >= 15 is 0 Å². The van der Waals surface area contributed by atoms with Crippen molar-refractivity contribution < 1.29 is 4.79 Å². The first-order chi connectivity index (χ1) is 11.8. The Hall–Kier alpha value is -1.61. The third kappa shape index (κ3) is 1.83. The molecule has 2 aliphatic carbocycles. The van der Waals surface area contributed by atoms with Crippen molar-refractivity contribution >= 4 is 11.5 Å². The van der Waals surface area contributed by atoms with Gasteiger partial charge in [0.2, 0.25) is 5.91 Å². The van der Waals surface area contributed by atoms with Crippen LogP contribution in [0.15, 0.2) is 29.8 Å². The van der Waals surface area contributed by atoms with Gasteiger partial charge in [0.15, 0.2) is 0 Å². The Morgan fingerprint density at radius 3 is 2.44 bits per heavy atom. The largest absolute Gasteiger partial charge is 0.273 e. The van der Waals surface area contributed by atoms with Crippen LogP contribution in [0.25, 0.3) is 5.57 Å².